The van der Waals surface area contributed by atoms with Crippen LogP contribution in [-0.4, -0.2) is 23.4 Å². The number of amides is 1. The molecule has 0 aliphatic carbocycles. The van der Waals surface area contributed by atoms with Crippen molar-refractivity contribution in [2.24, 2.45) is 0 Å². The van der Waals surface area contributed by atoms with Crippen molar-refractivity contribution in [2.75, 3.05) is 6.54 Å². The second-order valence-electron chi connectivity index (χ2n) is 5.04. The van der Waals surface area contributed by atoms with Crippen molar-refractivity contribution in [3.05, 3.63) is 32.9 Å². The summed E-state index contributed by atoms with van der Waals surface area (Å²) >= 11 is 1.63. The third-order valence-electron chi connectivity index (χ3n) is 3.59. The first kappa shape index (κ1) is 15.6. The lowest BCUT2D eigenvalue weighted by Crippen LogP contribution is -2.42. The van der Waals surface area contributed by atoms with Crippen LogP contribution in [0, 0.1) is 3.57 Å². The standard InChI is InChI=1S/C14H15F3INO/c1-9-4-2-3-7-19(9)13(20)10-5-6-11(12(18)8-10)14(15,16)17/h5-6,8-9H,2-4,7H2,1H3. The molecule has 1 aliphatic rings. The molecule has 1 aromatic rings. The summed E-state index contributed by atoms with van der Waals surface area (Å²) in [5.74, 6) is -0.177. The van der Waals surface area contributed by atoms with Gasteiger partial charge in [-0.2, -0.15) is 13.2 Å². The summed E-state index contributed by atoms with van der Waals surface area (Å²) in [6.45, 7) is 2.66. The van der Waals surface area contributed by atoms with Gasteiger partial charge in [-0.05, 0) is 67.0 Å². The van der Waals surface area contributed by atoms with E-state index in [1.165, 1.54) is 12.1 Å². The highest BCUT2D eigenvalue weighted by atomic mass is 127. The fourth-order valence-corrected chi connectivity index (χ4v) is 3.26. The Bertz CT molecular complexity index is 516. The van der Waals surface area contributed by atoms with Gasteiger partial charge in [0.05, 0.1) is 5.56 Å². The minimum atomic E-state index is -4.38. The molecule has 0 aromatic heterocycles. The zero-order chi connectivity index (χ0) is 14.9. The Labute approximate surface area is 129 Å². The number of halogens is 4. The van der Waals surface area contributed by atoms with Crippen molar-refractivity contribution >= 4 is 28.5 Å². The van der Waals surface area contributed by atoms with Crippen LogP contribution in [0.1, 0.15) is 42.1 Å². The fourth-order valence-electron chi connectivity index (χ4n) is 2.44. The molecule has 1 amide bonds. The van der Waals surface area contributed by atoms with Crippen LogP contribution < -0.4 is 0 Å². The van der Waals surface area contributed by atoms with Crippen LogP contribution in [-0.2, 0) is 6.18 Å². The van der Waals surface area contributed by atoms with E-state index in [4.69, 9.17) is 0 Å². The van der Waals surface area contributed by atoms with Crippen LogP contribution in [0.25, 0.3) is 0 Å². The first-order chi connectivity index (χ1) is 9.30. The number of rotatable bonds is 1. The van der Waals surface area contributed by atoms with Crippen molar-refractivity contribution in [1.29, 1.82) is 0 Å². The summed E-state index contributed by atoms with van der Waals surface area (Å²) < 4.78 is 38.2. The van der Waals surface area contributed by atoms with E-state index in [0.29, 0.717) is 12.1 Å². The van der Waals surface area contributed by atoms with Gasteiger partial charge in [0.15, 0.2) is 0 Å². The molecule has 20 heavy (non-hydrogen) atoms. The minimum Gasteiger partial charge on any atom is -0.336 e. The average molecular weight is 397 g/mol. The summed E-state index contributed by atoms with van der Waals surface area (Å²) in [5.41, 5.74) is -0.363. The molecule has 2 nitrogen and oxygen atoms in total. The Morgan fingerprint density at radius 1 is 1.35 bits per heavy atom. The highest BCUT2D eigenvalue weighted by molar-refractivity contribution is 14.1. The predicted molar refractivity (Wildman–Crippen MR) is 78.5 cm³/mol. The third-order valence-corrected chi connectivity index (χ3v) is 4.48. The molecule has 0 spiro atoms. The molecule has 1 unspecified atom stereocenters. The first-order valence-electron chi connectivity index (χ1n) is 6.48. The second-order valence-corrected chi connectivity index (χ2v) is 6.20. The molecular formula is C14H15F3INO. The molecule has 0 N–H and O–H groups in total. The molecule has 110 valence electrons. The van der Waals surface area contributed by atoms with Crippen molar-refractivity contribution in [3.8, 4) is 0 Å². The smallest absolute Gasteiger partial charge is 0.336 e. The van der Waals surface area contributed by atoms with Crippen LogP contribution >= 0.6 is 22.6 Å². The van der Waals surface area contributed by atoms with Crippen molar-refractivity contribution in [1.82, 2.24) is 4.90 Å². The van der Waals surface area contributed by atoms with Gasteiger partial charge in [0.25, 0.3) is 5.91 Å². The maximum absolute atomic E-state index is 12.7. The monoisotopic (exact) mass is 397 g/mol. The van der Waals surface area contributed by atoms with Gasteiger partial charge >= 0.3 is 6.18 Å². The lowest BCUT2D eigenvalue weighted by atomic mass is 10.0. The lowest BCUT2D eigenvalue weighted by molar-refractivity contribution is -0.138. The molecule has 6 heteroatoms. The Balaban J connectivity index is 2.25. The molecule has 0 radical (unpaired) electrons. The molecule has 1 saturated heterocycles. The number of likely N-dealkylation sites (tertiary alicyclic amines) is 1. The van der Waals surface area contributed by atoms with Gasteiger partial charge < -0.3 is 4.90 Å². The Hall–Kier alpha value is -0.790. The predicted octanol–water partition coefficient (Wildman–Crippen LogP) is 4.32. The van der Waals surface area contributed by atoms with Crippen LogP contribution in [0.5, 0.6) is 0 Å². The Morgan fingerprint density at radius 2 is 2.05 bits per heavy atom. The van der Waals surface area contributed by atoms with Crippen LogP contribution in [0.2, 0.25) is 0 Å². The minimum absolute atomic E-state index is 0.0608. The largest absolute Gasteiger partial charge is 0.417 e. The number of carbonyl (C=O) groups excluding carboxylic acids is 1. The van der Waals surface area contributed by atoms with Gasteiger partial charge in [-0.15, -0.1) is 0 Å². The molecule has 1 heterocycles. The number of hydrogen-bond acceptors (Lipinski definition) is 1. The fraction of sp³-hybridized carbons (Fsp3) is 0.500. The lowest BCUT2D eigenvalue weighted by Gasteiger charge is -2.33. The zero-order valence-electron chi connectivity index (χ0n) is 11.0. The van der Waals surface area contributed by atoms with E-state index < -0.39 is 11.7 Å². The van der Waals surface area contributed by atoms with E-state index >= 15 is 0 Å². The number of alkyl halides is 3. The van der Waals surface area contributed by atoms with Crippen LogP contribution in [0.4, 0.5) is 13.2 Å². The van der Waals surface area contributed by atoms with Gasteiger partial charge in [-0.1, -0.05) is 0 Å². The zero-order valence-corrected chi connectivity index (χ0v) is 13.2. The maximum atomic E-state index is 12.7. The number of nitrogens with zero attached hydrogens (tertiary/aromatic N) is 1. The summed E-state index contributed by atoms with van der Waals surface area (Å²) in [7, 11) is 0. The number of benzene rings is 1. The SMILES string of the molecule is CC1CCCCN1C(=O)c1ccc(C(F)(F)F)c(I)c1. The summed E-state index contributed by atoms with van der Waals surface area (Å²) in [6.07, 6.45) is -1.39. The maximum Gasteiger partial charge on any atom is 0.417 e. The van der Waals surface area contributed by atoms with Gasteiger partial charge in [0, 0.05) is 21.7 Å². The van der Waals surface area contributed by atoms with E-state index in [0.717, 1.165) is 25.3 Å². The number of carbonyl (C=O) groups is 1. The molecule has 2 rings (SSSR count). The van der Waals surface area contributed by atoms with Crippen molar-refractivity contribution in [2.45, 2.75) is 38.4 Å². The summed E-state index contributed by atoms with van der Waals surface area (Å²) in [4.78, 5) is 14.1. The number of piperidine rings is 1. The average Bonchev–Trinajstić information content (AvgIpc) is 2.37. The van der Waals surface area contributed by atoms with E-state index in [-0.39, 0.29) is 15.5 Å². The molecule has 0 saturated carbocycles. The molecule has 1 fully saturated rings. The van der Waals surface area contributed by atoms with Gasteiger partial charge in [-0.3, -0.25) is 4.79 Å². The Morgan fingerprint density at radius 3 is 2.60 bits per heavy atom. The summed E-state index contributed by atoms with van der Waals surface area (Å²) in [5, 5.41) is 0. The second kappa shape index (κ2) is 5.91. The van der Waals surface area contributed by atoms with Crippen molar-refractivity contribution < 1.29 is 18.0 Å². The number of hydrogen-bond donors (Lipinski definition) is 0. The van der Waals surface area contributed by atoms with Gasteiger partial charge in [0.2, 0.25) is 0 Å². The molecular weight excluding hydrogens is 382 g/mol. The third kappa shape index (κ3) is 3.27. The molecule has 1 atom stereocenters. The quantitative estimate of drug-likeness (QED) is 0.647. The van der Waals surface area contributed by atoms with E-state index in [9.17, 15) is 18.0 Å². The van der Waals surface area contributed by atoms with Crippen molar-refractivity contribution in [3.63, 3.8) is 0 Å². The molecule has 1 aromatic carbocycles. The Kier molecular flexibility index (Phi) is 4.61. The molecule has 1 aliphatic heterocycles. The van der Waals surface area contributed by atoms with E-state index in [2.05, 4.69) is 0 Å². The van der Waals surface area contributed by atoms with Gasteiger partial charge in [-0.25, -0.2) is 0 Å². The summed E-state index contributed by atoms with van der Waals surface area (Å²) in [6, 6.07) is 3.74. The van der Waals surface area contributed by atoms with E-state index in [1.54, 1.807) is 27.5 Å². The van der Waals surface area contributed by atoms with Crippen LogP contribution in [0.15, 0.2) is 18.2 Å². The van der Waals surface area contributed by atoms with Crippen LogP contribution in [0.3, 0.4) is 0 Å². The normalized spacial score (nSPS) is 20.1. The van der Waals surface area contributed by atoms with E-state index in [1.807, 2.05) is 6.92 Å². The highest BCUT2D eigenvalue weighted by Gasteiger charge is 2.33. The first-order valence-corrected chi connectivity index (χ1v) is 7.56. The van der Waals surface area contributed by atoms with Gasteiger partial charge in [0.1, 0.15) is 0 Å². The molecule has 0 bridgehead atoms. The highest BCUT2D eigenvalue weighted by Crippen LogP contribution is 2.33. The topological polar surface area (TPSA) is 20.3 Å².